The van der Waals surface area contributed by atoms with Gasteiger partial charge in [0, 0.05) is 16.9 Å². The average molecular weight is 397 g/mol. The van der Waals surface area contributed by atoms with Crippen molar-refractivity contribution in [3.63, 3.8) is 0 Å². The summed E-state index contributed by atoms with van der Waals surface area (Å²) in [6.45, 7) is 4.61. The third-order valence-corrected chi connectivity index (χ3v) is 6.95. The number of hydrogen-bond donors (Lipinski definition) is 1. The molecule has 2 aromatic carbocycles. The molecule has 0 aromatic heterocycles. The van der Waals surface area contributed by atoms with Gasteiger partial charge in [-0.3, -0.25) is 9.59 Å². The maximum Gasteiger partial charge on any atom is 0.256 e. The maximum atomic E-state index is 13.1. The van der Waals surface area contributed by atoms with E-state index in [9.17, 15) is 9.59 Å². The molecule has 0 spiro atoms. The van der Waals surface area contributed by atoms with Crippen molar-refractivity contribution in [1.82, 2.24) is 10.2 Å². The van der Waals surface area contributed by atoms with Gasteiger partial charge >= 0.3 is 0 Å². The summed E-state index contributed by atoms with van der Waals surface area (Å²) in [5.41, 5.74) is 2.86. The topological polar surface area (TPSA) is 58.6 Å². The van der Waals surface area contributed by atoms with E-state index in [4.69, 9.17) is 4.74 Å². The van der Waals surface area contributed by atoms with Gasteiger partial charge in [-0.15, -0.1) is 11.8 Å². The Balaban J connectivity index is 1.45. The van der Waals surface area contributed by atoms with E-state index in [1.54, 1.807) is 23.8 Å². The molecule has 2 aliphatic heterocycles. The highest BCUT2D eigenvalue weighted by molar-refractivity contribution is 8.01. The molecule has 2 atom stereocenters. The molecule has 1 saturated heterocycles. The number of thioether (sulfide) groups is 1. The molecule has 5 nitrogen and oxygen atoms in total. The molecule has 2 aliphatic rings. The SMILES string of the molecule is COc1ccc(CCNC(=O)[C@H]2N3C(=O)c4ccccc4[C@@H]3SC2(C)C)cc1. The number of hydrogen-bond acceptors (Lipinski definition) is 4. The minimum atomic E-state index is -0.488. The number of ether oxygens (including phenoxy) is 1. The lowest BCUT2D eigenvalue weighted by molar-refractivity contribution is -0.126. The van der Waals surface area contributed by atoms with Gasteiger partial charge in [-0.1, -0.05) is 30.3 Å². The van der Waals surface area contributed by atoms with Gasteiger partial charge in [-0.25, -0.2) is 0 Å². The second-order valence-corrected chi connectivity index (χ2v) is 9.40. The van der Waals surface area contributed by atoms with Crippen molar-refractivity contribution in [1.29, 1.82) is 0 Å². The molecule has 28 heavy (non-hydrogen) atoms. The lowest BCUT2D eigenvalue weighted by Gasteiger charge is -2.29. The molecule has 6 heteroatoms. The lowest BCUT2D eigenvalue weighted by Crippen LogP contribution is -2.52. The Bertz CT molecular complexity index is 910. The molecular weight excluding hydrogens is 372 g/mol. The van der Waals surface area contributed by atoms with E-state index in [2.05, 4.69) is 5.32 Å². The summed E-state index contributed by atoms with van der Waals surface area (Å²) in [4.78, 5) is 27.8. The summed E-state index contributed by atoms with van der Waals surface area (Å²) in [7, 11) is 1.64. The molecule has 1 fully saturated rings. The van der Waals surface area contributed by atoms with Gasteiger partial charge < -0.3 is 15.0 Å². The Hall–Kier alpha value is -2.47. The molecule has 0 saturated carbocycles. The molecule has 2 amide bonds. The van der Waals surface area contributed by atoms with Crippen molar-refractivity contribution in [2.45, 2.75) is 36.4 Å². The largest absolute Gasteiger partial charge is 0.497 e. The Labute approximate surface area is 169 Å². The standard InChI is InChI=1S/C22H24N2O3S/c1-22(2)18(19(25)23-13-12-14-8-10-15(27-3)11-9-14)24-20(26)16-6-4-5-7-17(16)21(24)28-22/h4-11,18,21H,12-13H2,1-3H3,(H,23,25)/t18-,21+/m1/s1. The third kappa shape index (κ3) is 3.15. The summed E-state index contributed by atoms with van der Waals surface area (Å²) in [5.74, 6) is 0.680. The van der Waals surface area contributed by atoms with E-state index < -0.39 is 6.04 Å². The quantitative estimate of drug-likeness (QED) is 0.842. The van der Waals surface area contributed by atoms with E-state index >= 15 is 0 Å². The number of nitrogens with zero attached hydrogens (tertiary/aromatic N) is 1. The Morgan fingerprint density at radius 2 is 1.89 bits per heavy atom. The summed E-state index contributed by atoms with van der Waals surface area (Å²) < 4.78 is 4.82. The number of methoxy groups -OCH3 is 1. The zero-order valence-electron chi connectivity index (χ0n) is 16.3. The average Bonchev–Trinajstić information content (AvgIpc) is 3.12. The van der Waals surface area contributed by atoms with Crippen LogP contribution < -0.4 is 10.1 Å². The molecule has 4 rings (SSSR count). The fourth-order valence-electron chi connectivity index (χ4n) is 4.02. The van der Waals surface area contributed by atoms with E-state index in [1.807, 2.05) is 62.4 Å². The zero-order chi connectivity index (χ0) is 19.9. The highest BCUT2D eigenvalue weighted by Crippen LogP contribution is 2.56. The Morgan fingerprint density at radius 1 is 1.18 bits per heavy atom. The van der Waals surface area contributed by atoms with Crippen LogP contribution in [0.2, 0.25) is 0 Å². The van der Waals surface area contributed by atoms with Crippen LogP contribution in [0.15, 0.2) is 48.5 Å². The minimum absolute atomic E-state index is 0.0472. The van der Waals surface area contributed by atoms with Crippen molar-refractivity contribution >= 4 is 23.6 Å². The molecule has 0 radical (unpaired) electrons. The monoisotopic (exact) mass is 396 g/mol. The van der Waals surface area contributed by atoms with Crippen LogP contribution in [0.3, 0.4) is 0 Å². The molecule has 1 N–H and O–H groups in total. The predicted octanol–water partition coefficient (Wildman–Crippen LogP) is 3.40. The number of carbonyl (C=O) groups excluding carboxylic acids is 2. The molecule has 0 unspecified atom stereocenters. The van der Waals surface area contributed by atoms with Crippen molar-refractivity contribution < 1.29 is 14.3 Å². The first-order chi connectivity index (χ1) is 13.4. The Kier molecular flexibility index (Phi) is 4.83. The molecule has 0 aliphatic carbocycles. The summed E-state index contributed by atoms with van der Waals surface area (Å²) in [6.07, 6.45) is 0.730. The number of rotatable bonds is 5. The second-order valence-electron chi connectivity index (χ2n) is 7.66. The molecule has 0 bridgehead atoms. The first-order valence-electron chi connectivity index (χ1n) is 9.42. The van der Waals surface area contributed by atoms with Gasteiger partial charge in [-0.05, 0) is 49.6 Å². The van der Waals surface area contributed by atoms with E-state index in [1.165, 1.54) is 0 Å². The molecule has 146 valence electrons. The number of amides is 2. The third-order valence-electron chi connectivity index (χ3n) is 5.42. The maximum absolute atomic E-state index is 13.1. The summed E-state index contributed by atoms with van der Waals surface area (Å²) >= 11 is 1.69. The van der Waals surface area contributed by atoms with Gasteiger partial charge in [0.2, 0.25) is 5.91 Å². The molecule has 2 heterocycles. The number of nitrogens with one attached hydrogen (secondary N) is 1. The van der Waals surface area contributed by atoms with Crippen LogP contribution in [0.1, 0.15) is 40.7 Å². The highest BCUT2D eigenvalue weighted by Gasteiger charge is 2.57. The molecular formula is C22H24N2O3S. The number of benzene rings is 2. The van der Waals surface area contributed by atoms with Crippen LogP contribution in [-0.4, -0.2) is 41.2 Å². The van der Waals surface area contributed by atoms with Crippen LogP contribution in [0.4, 0.5) is 0 Å². The van der Waals surface area contributed by atoms with Crippen LogP contribution in [-0.2, 0) is 11.2 Å². The number of carbonyl (C=O) groups is 2. The van der Waals surface area contributed by atoms with Gasteiger partial charge in [0.25, 0.3) is 5.91 Å². The van der Waals surface area contributed by atoms with Crippen LogP contribution in [0.25, 0.3) is 0 Å². The van der Waals surface area contributed by atoms with Gasteiger partial charge in [-0.2, -0.15) is 0 Å². The first-order valence-corrected chi connectivity index (χ1v) is 10.3. The predicted molar refractivity (Wildman–Crippen MR) is 111 cm³/mol. The van der Waals surface area contributed by atoms with Crippen molar-refractivity contribution in [2.75, 3.05) is 13.7 Å². The lowest BCUT2D eigenvalue weighted by atomic mass is 10.0. The van der Waals surface area contributed by atoms with E-state index in [0.717, 1.165) is 23.3 Å². The van der Waals surface area contributed by atoms with Crippen molar-refractivity contribution in [3.8, 4) is 5.75 Å². The molecule has 2 aromatic rings. The van der Waals surface area contributed by atoms with Gasteiger partial charge in [0.1, 0.15) is 17.2 Å². The number of fused-ring (bicyclic) bond motifs is 3. The minimum Gasteiger partial charge on any atom is -0.497 e. The first kappa shape index (κ1) is 18.9. The van der Waals surface area contributed by atoms with E-state index in [0.29, 0.717) is 12.1 Å². The van der Waals surface area contributed by atoms with Crippen molar-refractivity contribution in [3.05, 3.63) is 65.2 Å². The van der Waals surface area contributed by atoms with E-state index in [-0.39, 0.29) is 21.9 Å². The Morgan fingerprint density at radius 3 is 2.61 bits per heavy atom. The van der Waals surface area contributed by atoms with Gasteiger partial charge in [0.05, 0.1) is 7.11 Å². The van der Waals surface area contributed by atoms with Gasteiger partial charge in [0.15, 0.2) is 0 Å². The van der Waals surface area contributed by atoms with Crippen LogP contribution in [0, 0.1) is 0 Å². The smallest absolute Gasteiger partial charge is 0.256 e. The normalized spacial score (nSPS) is 22.0. The fraction of sp³-hybridized carbons (Fsp3) is 0.364. The summed E-state index contributed by atoms with van der Waals surface area (Å²) in [5, 5.41) is 2.95. The van der Waals surface area contributed by atoms with Crippen LogP contribution in [0.5, 0.6) is 5.75 Å². The highest BCUT2D eigenvalue weighted by atomic mass is 32.2. The van der Waals surface area contributed by atoms with Crippen LogP contribution >= 0.6 is 11.8 Å². The van der Waals surface area contributed by atoms with Crippen molar-refractivity contribution in [2.24, 2.45) is 0 Å². The summed E-state index contributed by atoms with van der Waals surface area (Å²) in [6, 6.07) is 15.0. The fourth-order valence-corrected chi connectivity index (χ4v) is 5.61. The second kappa shape index (κ2) is 7.17. The zero-order valence-corrected chi connectivity index (χ0v) is 17.1.